The minimum absolute atomic E-state index is 0.132. The molecule has 0 unspecified atom stereocenters. The standard InChI is InChI=1S/C4H9FN2S/c1-3-7(2)4(8)6-5/h3H2,1-2H3,(H,6,8). The van der Waals surface area contributed by atoms with Crippen LogP contribution in [0.1, 0.15) is 6.92 Å². The van der Waals surface area contributed by atoms with Crippen LogP contribution in [0.5, 0.6) is 0 Å². The molecular formula is C4H9FN2S. The van der Waals surface area contributed by atoms with Crippen molar-refractivity contribution in [3.63, 3.8) is 0 Å². The summed E-state index contributed by atoms with van der Waals surface area (Å²) in [4.78, 5) is 1.59. The second-order valence-corrected chi connectivity index (χ2v) is 1.80. The van der Waals surface area contributed by atoms with E-state index in [0.29, 0.717) is 0 Å². The van der Waals surface area contributed by atoms with Crippen molar-refractivity contribution in [3.05, 3.63) is 0 Å². The van der Waals surface area contributed by atoms with Gasteiger partial charge < -0.3 is 4.90 Å². The van der Waals surface area contributed by atoms with E-state index in [1.807, 2.05) is 6.92 Å². The van der Waals surface area contributed by atoms with Crippen LogP contribution in [0.3, 0.4) is 0 Å². The summed E-state index contributed by atoms with van der Waals surface area (Å²) in [6, 6.07) is 0. The molecular weight excluding hydrogens is 127 g/mol. The second kappa shape index (κ2) is 3.60. The third-order valence-corrected chi connectivity index (χ3v) is 1.29. The van der Waals surface area contributed by atoms with Gasteiger partial charge in [0.05, 0.1) is 0 Å². The number of halogens is 1. The Morgan fingerprint density at radius 2 is 2.38 bits per heavy atom. The molecule has 48 valence electrons. The predicted octanol–water partition coefficient (Wildman–Crippen LogP) is 0.697. The lowest BCUT2D eigenvalue weighted by Gasteiger charge is -2.13. The van der Waals surface area contributed by atoms with Crippen molar-refractivity contribution in [1.82, 2.24) is 10.4 Å². The van der Waals surface area contributed by atoms with Crippen LogP contribution < -0.4 is 5.54 Å². The van der Waals surface area contributed by atoms with Gasteiger partial charge in [-0.3, -0.25) is 0 Å². The lowest BCUT2D eigenvalue weighted by Crippen LogP contribution is -2.32. The molecule has 1 N–H and O–H groups in total. The van der Waals surface area contributed by atoms with Crippen LogP contribution in [0.2, 0.25) is 0 Å². The smallest absolute Gasteiger partial charge is 0.197 e. The molecule has 2 nitrogen and oxygen atoms in total. The first-order valence-electron chi connectivity index (χ1n) is 2.34. The number of nitrogens with one attached hydrogen (secondary N) is 1. The quantitative estimate of drug-likeness (QED) is 0.422. The topological polar surface area (TPSA) is 15.3 Å². The van der Waals surface area contributed by atoms with Crippen molar-refractivity contribution >= 4 is 17.3 Å². The Kier molecular flexibility index (Phi) is 3.43. The zero-order chi connectivity index (χ0) is 6.57. The van der Waals surface area contributed by atoms with Gasteiger partial charge in [-0.2, -0.15) is 5.54 Å². The van der Waals surface area contributed by atoms with Crippen LogP contribution in [0.25, 0.3) is 0 Å². The molecule has 0 radical (unpaired) electrons. The Balaban J connectivity index is 3.46. The maximum atomic E-state index is 11.4. The van der Waals surface area contributed by atoms with Crippen molar-refractivity contribution in [2.24, 2.45) is 0 Å². The fourth-order valence-corrected chi connectivity index (χ4v) is 0.345. The minimum Gasteiger partial charge on any atom is -0.351 e. The SMILES string of the molecule is CCN(C)C(=S)NF. The summed E-state index contributed by atoms with van der Waals surface area (Å²) in [6.45, 7) is 2.61. The van der Waals surface area contributed by atoms with Gasteiger partial charge in [0.25, 0.3) is 0 Å². The van der Waals surface area contributed by atoms with E-state index in [2.05, 4.69) is 12.2 Å². The van der Waals surface area contributed by atoms with Crippen molar-refractivity contribution in [2.75, 3.05) is 13.6 Å². The fourth-order valence-electron chi connectivity index (χ4n) is 0.216. The number of nitrogens with zero attached hydrogens (tertiary/aromatic N) is 1. The minimum atomic E-state index is 0.132. The van der Waals surface area contributed by atoms with Crippen LogP contribution in [0.15, 0.2) is 0 Å². The maximum Gasteiger partial charge on any atom is 0.197 e. The summed E-state index contributed by atoms with van der Waals surface area (Å²) >= 11 is 4.52. The second-order valence-electron chi connectivity index (χ2n) is 1.41. The summed E-state index contributed by atoms with van der Waals surface area (Å²) in [5.41, 5.74) is 1.37. The monoisotopic (exact) mass is 136 g/mol. The fraction of sp³-hybridized carbons (Fsp3) is 0.750. The van der Waals surface area contributed by atoms with E-state index in [1.54, 1.807) is 11.9 Å². The molecule has 0 heterocycles. The van der Waals surface area contributed by atoms with Gasteiger partial charge in [-0.25, -0.2) is 0 Å². The summed E-state index contributed by atoms with van der Waals surface area (Å²) in [5, 5.41) is 0.132. The van der Waals surface area contributed by atoms with E-state index >= 15 is 0 Å². The molecule has 0 aromatic carbocycles. The largest absolute Gasteiger partial charge is 0.351 e. The van der Waals surface area contributed by atoms with E-state index in [9.17, 15) is 4.48 Å². The van der Waals surface area contributed by atoms with Crippen LogP contribution in [-0.2, 0) is 0 Å². The zero-order valence-corrected chi connectivity index (χ0v) is 5.76. The third kappa shape index (κ3) is 2.07. The Labute approximate surface area is 53.6 Å². The average molecular weight is 136 g/mol. The molecule has 4 heteroatoms. The zero-order valence-electron chi connectivity index (χ0n) is 4.94. The molecule has 0 fully saturated rings. The van der Waals surface area contributed by atoms with Gasteiger partial charge >= 0.3 is 0 Å². The van der Waals surface area contributed by atoms with Crippen LogP contribution >= 0.6 is 12.2 Å². The molecule has 0 aromatic rings. The number of thiocarbonyl (C=S) groups is 1. The predicted molar refractivity (Wildman–Crippen MR) is 35.1 cm³/mol. The van der Waals surface area contributed by atoms with Gasteiger partial charge in [-0.15, -0.1) is 4.48 Å². The highest BCUT2D eigenvalue weighted by molar-refractivity contribution is 7.80. The molecule has 0 rings (SSSR count). The van der Waals surface area contributed by atoms with Crippen LogP contribution in [0.4, 0.5) is 4.48 Å². The molecule has 0 aromatic heterocycles. The van der Waals surface area contributed by atoms with Gasteiger partial charge in [-0.1, -0.05) is 0 Å². The molecule has 0 aliphatic rings. The molecule has 0 bridgehead atoms. The van der Waals surface area contributed by atoms with Crippen LogP contribution in [0, 0.1) is 0 Å². The van der Waals surface area contributed by atoms with Gasteiger partial charge in [0.1, 0.15) is 0 Å². The molecule has 0 atom stereocenters. The molecule has 0 aliphatic heterocycles. The summed E-state index contributed by atoms with van der Waals surface area (Å²) < 4.78 is 11.4. The number of rotatable bonds is 1. The first-order chi connectivity index (χ1) is 3.72. The normalized spacial score (nSPS) is 8.38. The third-order valence-electron chi connectivity index (χ3n) is 0.902. The van der Waals surface area contributed by atoms with Crippen molar-refractivity contribution in [2.45, 2.75) is 6.92 Å². The maximum absolute atomic E-state index is 11.4. The van der Waals surface area contributed by atoms with E-state index in [0.717, 1.165) is 6.54 Å². The molecule has 0 spiro atoms. The molecule has 0 aliphatic carbocycles. The summed E-state index contributed by atoms with van der Waals surface area (Å²) in [7, 11) is 1.72. The van der Waals surface area contributed by atoms with Gasteiger partial charge in [0.15, 0.2) is 5.11 Å². The summed E-state index contributed by atoms with van der Waals surface area (Å²) in [6.07, 6.45) is 0. The van der Waals surface area contributed by atoms with Crippen molar-refractivity contribution < 1.29 is 4.48 Å². The molecule has 0 amide bonds. The highest BCUT2D eigenvalue weighted by Gasteiger charge is 1.96. The number of hydrogen-bond acceptors (Lipinski definition) is 1. The lowest BCUT2D eigenvalue weighted by atomic mass is 10.7. The highest BCUT2D eigenvalue weighted by Crippen LogP contribution is 1.81. The van der Waals surface area contributed by atoms with Crippen LogP contribution in [-0.4, -0.2) is 23.6 Å². The number of hydrogen-bond donors (Lipinski definition) is 1. The first kappa shape index (κ1) is 7.62. The molecule has 0 saturated heterocycles. The van der Waals surface area contributed by atoms with Crippen molar-refractivity contribution in [3.8, 4) is 0 Å². The van der Waals surface area contributed by atoms with E-state index in [4.69, 9.17) is 0 Å². The van der Waals surface area contributed by atoms with E-state index < -0.39 is 0 Å². The van der Waals surface area contributed by atoms with Gasteiger partial charge in [-0.05, 0) is 19.1 Å². The Morgan fingerprint density at radius 1 is 1.88 bits per heavy atom. The Morgan fingerprint density at radius 3 is 2.50 bits per heavy atom. The molecule has 8 heavy (non-hydrogen) atoms. The van der Waals surface area contributed by atoms with E-state index in [1.165, 1.54) is 5.54 Å². The van der Waals surface area contributed by atoms with Crippen molar-refractivity contribution in [1.29, 1.82) is 0 Å². The van der Waals surface area contributed by atoms with Gasteiger partial charge in [0.2, 0.25) is 0 Å². The summed E-state index contributed by atoms with van der Waals surface area (Å²) in [5.74, 6) is 0. The van der Waals surface area contributed by atoms with Gasteiger partial charge in [0, 0.05) is 13.6 Å². The van der Waals surface area contributed by atoms with E-state index in [-0.39, 0.29) is 5.11 Å². The average Bonchev–Trinajstić information content (AvgIpc) is 1.84. The Bertz CT molecular complexity index is 86.1. The Hall–Kier alpha value is -0.380. The highest BCUT2D eigenvalue weighted by atomic mass is 32.1. The molecule has 0 saturated carbocycles. The first-order valence-corrected chi connectivity index (χ1v) is 2.75. The lowest BCUT2D eigenvalue weighted by molar-refractivity contribution is 0.389.